The molecule has 7 nitrogen and oxygen atoms in total. The minimum absolute atomic E-state index is 0.0209. The molecule has 0 aliphatic rings. The second-order valence-electron chi connectivity index (χ2n) is 7.07. The number of anilines is 1. The predicted octanol–water partition coefficient (Wildman–Crippen LogP) is 4.95. The van der Waals surface area contributed by atoms with E-state index in [4.69, 9.17) is 9.15 Å². The van der Waals surface area contributed by atoms with Crippen molar-refractivity contribution in [1.29, 1.82) is 0 Å². The number of nitrogens with one attached hydrogen (secondary N) is 1. The zero-order valence-electron chi connectivity index (χ0n) is 17.5. The first-order chi connectivity index (χ1) is 15.8. The zero-order chi connectivity index (χ0) is 23.4. The highest BCUT2D eigenvalue weighted by atomic mass is 32.2. The van der Waals surface area contributed by atoms with Gasteiger partial charge in [0.25, 0.3) is 10.0 Å². The molecular formula is C24H19FN2O5S. The molecule has 0 aliphatic carbocycles. The number of ether oxygens (including phenoxy) is 1. The fraction of sp³-hybridized carbons (Fsp3) is 0.0833. The van der Waals surface area contributed by atoms with Crippen LogP contribution in [0.5, 0.6) is 0 Å². The molecule has 1 heterocycles. The van der Waals surface area contributed by atoms with Crippen LogP contribution in [0.3, 0.4) is 0 Å². The number of esters is 1. The normalized spacial score (nSPS) is 11.2. The van der Waals surface area contributed by atoms with Gasteiger partial charge in [0, 0.05) is 5.56 Å². The molecule has 0 spiro atoms. The fourth-order valence-corrected chi connectivity index (χ4v) is 4.13. The number of sulfonamides is 1. The summed E-state index contributed by atoms with van der Waals surface area (Å²) in [4.78, 5) is 17.0. The highest BCUT2D eigenvalue weighted by Gasteiger charge is 2.20. The molecule has 1 aromatic heterocycles. The molecule has 0 saturated carbocycles. The Kier molecular flexibility index (Phi) is 6.23. The van der Waals surface area contributed by atoms with E-state index >= 15 is 0 Å². The van der Waals surface area contributed by atoms with E-state index in [1.165, 1.54) is 12.1 Å². The summed E-state index contributed by atoms with van der Waals surface area (Å²) in [6.45, 7) is 1.56. The van der Waals surface area contributed by atoms with Crippen LogP contribution in [0.4, 0.5) is 10.1 Å². The number of carbonyl (C=O) groups excluding carboxylic acids is 1. The van der Waals surface area contributed by atoms with Crippen LogP contribution < -0.4 is 4.72 Å². The smallest absolute Gasteiger partial charge is 0.340 e. The molecule has 4 aromatic rings. The SMILES string of the molecule is Cc1oc(-c2ccccc2)nc1COC(=O)c1ccccc1NS(=O)(=O)c1ccc(F)cc1. The highest BCUT2D eigenvalue weighted by Crippen LogP contribution is 2.24. The standard InChI is InChI=1S/C24H19FN2O5S/c1-16-22(26-23(32-16)17-7-3-2-4-8-17)15-31-24(28)20-9-5-6-10-21(20)27-33(29,30)19-13-11-18(25)12-14-19/h2-14,27H,15H2,1H3. The minimum atomic E-state index is -4.04. The first-order valence-corrected chi connectivity index (χ1v) is 11.4. The summed E-state index contributed by atoms with van der Waals surface area (Å²) < 4.78 is 51.8. The number of para-hydroxylation sites is 1. The van der Waals surface area contributed by atoms with Crippen molar-refractivity contribution >= 4 is 21.7 Å². The topological polar surface area (TPSA) is 98.5 Å². The Labute approximate surface area is 189 Å². The number of halogens is 1. The van der Waals surface area contributed by atoms with Gasteiger partial charge < -0.3 is 9.15 Å². The summed E-state index contributed by atoms with van der Waals surface area (Å²) in [6.07, 6.45) is 0. The van der Waals surface area contributed by atoms with Crippen LogP contribution in [-0.2, 0) is 21.4 Å². The molecule has 0 saturated heterocycles. The molecule has 9 heteroatoms. The predicted molar refractivity (Wildman–Crippen MR) is 119 cm³/mol. The number of oxazole rings is 1. The fourth-order valence-electron chi connectivity index (χ4n) is 3.05. The maximum Gasteiger partial charge on any atom is 0.340 e. The molecular weight excluding hydrogens is 447 g/mol. The van der Waals surface area contributed by atoms with E-state index in [1.807, 2.05) is 30.3 Å². The molecule has 0 fully saturated rings. The van der Waals surface area contributed by atoms with Crippen LogP contribution in [0, 0.1) is 12.7 Å². The second kappa shape index (κ2) is 9.25. The van der Waals surface area contributed by atoms with Gasteiger partial charge >= 0.3 is 5.97 Å². The first kappa shape index (κ1) is 22.2. The van der Waals surface area contributed by atoms with Crippen molar-refractivity contribution in [1.82, 2.24) is 4.98 Å². The second-order valence-corrected chi connectivity index (χ2v) is 8.75. The van der Waals surface area contributed by atoms with Gasteiger partial charge in [0.05, 0.1) is 16.1 Å². The Balaban J connectivity index is 1.50. The van der Waals surface area contributed by atoms with Gasteiger partial charge in [-0.15, -0.1) is 0 Å². The third kappa shape index (κ3) is 5.09. The summed E-state index contributed by atoms with van der Waals surface area (Å²) in [5.74, 6) is -0.383. The van der Waals surface area contributed by atoms with Crippen molar-refractivity contribution < 1.29 is 26.8 Å². The van der Waals surface area contributed by atoms with Gasteiger partial charge in [-0.25, -0.2) is 22.6 Å². The summed E-state index contributed by atoms with van der Waals surface area (Å²) in [6, 6.07) is 19.7. The minimum Gasteiger partial charge on any atom is -0.455 e. The first-order valence-electron chi connectivity index (χ1n) is 9.90. The molecule has 0 aliphatic heterocycles. The summed E-state index contributed by atoms with van der Waals surface area (Å²) >= 11 is 0. The lowest BCUT2D eigenvalue weighted by atomic mass is 10.2. The van der Waals surface area contributed by atoms with Crippen LogP contribution >= 0.6 is 0 Å². The molecule has 0 unspecified atom stereocenters. The molecule has 0 radical (unpaired) electrons. The van der Waals surface area contributed by atoms with Gasteiger partial charge in [-0.3, -0.25) is 4.72 Å². The van der Waals surface area contributed by atoms with Gasteiger partial charge in [0.2, 0.25) is 5.89 Å². The van der Waals surface area contributed by atoms with E-state index in [9.17, 15) is 17.6 Å². The molecule has 0 atom stereocenters. The molecule has 3 aromatic carbocycles. The number of rotatable bonds is 7. The van der Waals surface area contributed by atoms with Crippen LogP contribution in [-0.4, -0.2) is 19.4 Å². The molecule has 33 heavy (non-hydrogen) atoms. The van der Waals surface area contributed by atoms with Crippen LogP contribution in [0.2, 0.25) is 0 Å². The lowest BCUT2D eigenvalue weighted by Crippen LogP contribution is -2.16. The zero-order valence-corrected chi connectivity index (χ0v) is 18.3. The van der Waals surface area contributed by atoms with Crippen molar-refractivity contribution in [2.45, 2.75) is 18.4 Å². The summed E-state index contributed by atoms with van der Waals surface area (Å²) in [5, 5.41) is 0. The summed E-state index contributed by atoms with van der Waals surface area (Å²) in [5.41, 5.74) is 1.30. The van der Waals surface area contributed by atoms with Gasteiger partial charge in [0.1, 0.15) is 23.9 Å². The molecule has 168 valence electrons. The maximum absolute atomic E-state index is 13.1. The average Bonchev–Trinajstić information content (AvgIpc) is 3.19. The van der Waals surface area contributed by atoms with Crippen LogP contribution in [0.15, 0.2) is 88.2 Å². The number of carbonyl (C=O) groups is 1. The Bertz CT molecular complexity index is 1380. The molecule has 4 rings (SSSR count). The molecule has 1 N–H and O–H groups in total. The van der Waals surface area contributed by atoms with E-state index in [-0.39, 0.29) is 22.8 Å². The molecule has 0 bridgehead atoms. The Morgan fingerprint density at radius 1 is 1.00 bits per heavy atom. The number of aromatic nitrogens is 1. The van der Waals surface area contributed by atoms with Crippen molar-refractivity contribution in [3.63, 3.8) is 0 Å². The number of hydrogen-bond acceptors (Lipinski definition) is 6. The van der Waals surface area contributed by atoms with Gasteiger partial charge in [-0.05, 0) is 55.5 Å². The third-order valence-corrected chi connectivity index (χ3v) is 6.15. The Hall–Kier alpha value is -3.98. The monoisotopic (exact) mass is 466 g/mol. The van der Waals surface area contributed by atoms with E-state index in [1.54, 1.807) is 19.1 Å². The third-order valence-electron chi connectivity index (χ3n) is 4.77. The molecule has 0 amide bonds. The van der Waals surface area contributed by atoms with Gasteiger partial charge in [-0.1, -0.05) is 30.3 Å². The van der Waals surface area contributed by atoms with E-state index < -0.39 is 21.8 Å². The van der Waals surface area contributed by atoms with E-state index in [0.717, 1.165) is 29.8 Å². The largest absolute Gasteiger partial charge is 0.455 e. The van der Waals surface area contributed by atoms with Crippen molar-refractivity contribution in [2.24, 2.45) is 0 Å². The average molecular weight is 466 g/mol. The lowest BCUT2D eigenvalue weighted by molar-refractivity contribution is 0.0468. The van der Waals surface area contributed by atoms with Crippen LogP contribution in [0.1, 0.15) is 21.8 Å². The maximum atomic E-state index is 13.1. The lowest BCUT2D eigenvalue weighted by Gasteiger charge is -2.12. The van der Waals surface area contributed by atoms with Crippen molar-refractivity contribution in [2.75, 3.05) is 4.72 Å². The number of nitrogens with zero attached hydrogens (tertiary/aromatic N) is 1. The number of aryl methyl sites for hydroxylation is 1. The number of benzene rings is 3. The van der Waals surface area contributed by atoms with Gasteiger partial charge in [0.15, 0.2) is 0 Å². The van der Waals surface area contributed by atoms with Crippen LogP contribution in [0.25, 0.3) is 11.5 Å². The number of hydrogen-bond donors (Lipinski definition) is 1. The van der Waals surface area contributed by atoms with E-state index in [0.29, 0.717) is 17.3 Å². The van der Waals surface area contributed by atoms with E-state index in [2.05, 4.69) is 9.71 Å². The Morgan fingerprint density at radius 2 is 1.67 bits per heavy atom. The van der Waals surface area contributed by atoms with Crippen molar-refractivity contribution in [3.8, 4) is 11.5 Å². The van der Waals surface area contributed by atoms with Crippen molar-refractivity contribution in [3.05, 3.63) is 102 Å². The van der Waals surface area contributed by atoms with Gasteiger partial charge in [-0.2, -0.15) is 0 Å². The Morgan fingerprint density at radius 3 is 2.39 bits per heavy atom. The quantitative estimate of drug-likeness (QED) is 0.387. The highest BCUT2D eigenvalue weighted by molar-refractivity contribution is 7.92. The summed E-state index contributed by atoms with van der Waals surface area (Å²) in [7, 11) is -4.04.